The van der Waals surface area contributed by atoms with Crippen LogP contribution in [0.15, 0.2) is 11.1 Å². The maximum Gasteiger partial charge on any atom is 0.154 e. The Morgan fingerprint density at radius 3 is 2.40 bits per heavy atom. The van der Waals surface area contributed by atoms with Gasteiger partial charge in [-0.3, -0.25) is 0 Å². The van der Waals surface area contributed by atoms with E-state index in [4.69, 9.17) is 0 Å². The molecule has 3 atom stereocenters. The zero-order valence-electron chi connectivity index (χ0n) is 16.5. The van der Waals surface area contributed by atoms with Crippen LogP contribution in [0, 0.1) is 11.3 Å². The van der Waals surface area contributed by atoms with Gasteiger partial charge in [0.15, 0.2) is 9.84 Å². The molecule has 0 amide bonds. The maximum atomic E-state index is 13.4. The second-order valence-corrected chi connectivity index (χ2v) is 11.3. The fraction of sp³-hybridized carbons (Fsp3) is 0.909. The minimum atomic E-state index is -2.98. The van der Waals surface area contributed by atoms with E-state index in [1.165, 1.54) is 51.4 Å². The molecular weight excluding hydrogens is 328 g/mol. The number of hydrogen-bond donors (Lipinski definition) is 0. The molecule has 0 aromatic carbocycles. The van der Waals surface area contributed by atoms with E-state index in [2.05, 4.69) is 13.8 Å². The Hall–Kier alpha value is -0.310. The van der Waals surface area contributed by atoms with Crippen LogP contribution in [0.5, 0.6) is 0 Å². The van der Waals surface area contributed by atoms with Crippen molar-refractivity contribution in [2.75, 3.05) is 5.75 Å². The molecule has 2 saturated carbocycles. The molecule has 3 heteroatoms. The summed E-state index contributed by atoms with van der Waals surface area (Å²) in [6.07, 6.45) is 16.4. The molecule has 0 aromatic rings. The van der Waals surface area contributed by atoms with Crippen molar-refractivity contribution in [3.8, 4) is 0 Å². The first-order valence-electron chi connectivity index (χ1n) is 10.9. The number of allylic oxidation sites excluding steroid dienone is 2. The molecule has 0 spiro atoms. The predicted molar refractivity (Wildman–Crippen MR) is 107 cm³/mol. The number of hydrogen-bond acceptors (Lipinski definition) is 2. The summed E-state index contributed by atoms with van der Waals surface area (Å²) in [6.45, 7) is 4.47. The highest BCUT2D eigenvalue weighted by molar-refractivity contribution is 7.92. The van der Waals surface area contributed by atoms with Gasteiger partial charge in [0.1, 0.15) is 0 Å². The van der Waals surface area contributed by atoms with Crippen molar-refractivity contribution in [2.45, 2.75) is 109 Å². The van der Waals surface area contributed by atoms with E-state index in [0.717, 1.165) is 38.5 Å². The monoisotopic (exact) mass is 366 g/mol. The van der Waals surface area contributed by atoms with Gasteiger partial charge in [-0.2, -0.15) is 0 Å². The van der Waals surface area contributed by atoms with Gasteiger partial charge in [0, 0.05) is 0 Å². The summed E-state index contributed by atoms with van der Waals surface area (Å²) in [7, 11) is -2.98. The van der Waals surface area contributed by atoms with E-state index in [0.29, 0.717) is 11.7 Å². The summed E-state index contributed by atoms with van der Waals surface area (Å²) < 4.78 is 26.8. The Morgan fingerprint density at radius 2 is 1.72 bits per heavy atom. The first kappa shape index (κ1) is 19.5. The molecule has 0 bridgehead atoms. The van der Waals surface area contributed by atoms with Crippen LogP contribution in [-0.4, -0.2) is 19.4 Å². The lowest BCUT2D eigenvalue weighted by atomic mass is 9.69. The van der Waals surface area contributed by atoms with E-state index in [1.54, 1.807) is 11.1 Å². The molecule has 3 unspecified atom stereocenters. The summed E-state index contributed by atoms with van der Waals surface area (Å²) in [5, 5.41) is -0.0688. The lowest BCUT2D eigenvalue weighted by molar-refractivity contribution is 0.267. The molecule has 3 fully saturated rings. The van der Waals surface area contributed by atoms with Gasteiger partial charge in [-0.05, 0) is 69.1 Å². The Bertz CT molecular complexity index is 581. The molecule has 0 radical (unpaired) electrons. The number of unbranched alkanes of at least 4 members (excludes halogenated alkanes) is 1. The van der Waals surface area contributed by atoms with Crippen LogP contribution < -0.4 is 0 Å². The van der Waals surface area contributed by atoms with Gasteiger partial charge in [0.2, 0.25) is 0 Å². The summed E-state index contributed by atoms with van der Waals surface area (Å²) in [6, 6.07) is 0. The largest absolute Gasteiger partial charge is 0.229 e. The van der Waals surface area contributed by atoms with E-state index >= 15 is 0 Å². The Morgan fingerprint density at radius 1 is 1.00 bits per heavy atom. The van der Waals surface area contributed by atoms with Crippen molar-refractivity contribution in [2.24, 2.45) is 11.3 Å². The average Bonchev–Trinajstić information content (AvgIpc) is 2.74. The first-order valence-corrected chi connectivity index (χ1v) is 12.7. The Kier molecular flexibility index (Phi) is 6.34. The van der Waals surface area contributed by atoms with Gasteiger partial charge < -0.3 is 0 Å². The van der Waals surface area contributed by atoms with E-state index in [-0.39, 0.29) is 10.7 Å². The topological polar surface area (TPSA) is 34.1 Å². The van der Waals surface area contributed by atoms with Gasteiger partial charge in [0.05, 0.1) is 11.0 Å². The van der Waals surface area contributed by atoms with Crippen LogP contribution in [-0.2, 0) is 9.84 Å². The maximum absolute atomic E-state index is 13.4. The van der Waals surface area contributed by atoms with Crippen LogP contribution in [0.2, 0.25) is 0 Å². The molecule has 0 N–H and O–H groups in total. The highest BCUT2D eigenvalue weighted by atomic mass is 32.2. The third-order valence-corrected chi connectivity index (χ3v) is 9.91. The van der Waals surface area contributed by atoms with Crippen LogP contribution in [0.25, 0.3) is 0 Å². The molecular formula is C22H38O2S. The number of rotatable bonds is 4. The smallest absolute Gasteiger partial charge is 0.154 e. The van der Waals surface area contributed by atoms with Crippen molar-refractivity contribution in [1.29, 1.82) is 0 Å². The molecule has 2 nitrogen and oxygen atoms in total. The molecule has 1 saturated heterocycles. The van der Waals surface area contributed by atoms with Gasteiger partial charge in [0.25, 0.3) is 0 Å². The fourth-order valence-corrected chi connectivity index (χ4v) is 8.69. The van der Waals surface area contributed by atoms with Crippen molar-refractivity contribution < 1.29 is 8.42 Å². The van der Waals surface area contributed by atoms with Crippen LogP contribution in [0.1, 0.15) is 104 Å². The summed E-state index contributed by atoms with van der Waals surface area (Å²) >= 11 is 0. The molecule has 3 rings (SSSR count). The van der Waals surface area contributed by atoms with Crippen molar-refractivity contribution in [3.05, 3.63) is 11.1 Å². The Balaban J connectivity index is 2.04. The van der Waals surface area contributed by atoms with Crippen LogP contribution in [0.3, 0.4) is 0 Å². The second kappa shape index (κ2) is 8.15. The summed E-state index contributed by atoms with van der Waals surface area (Å²) in [4.78, 5) is 0. The van der Waals surface area contributed by atoms with E-state index in [1.807, 2.05) is 0 Å². The quantitative estimate of drug-likeness (QED) is 0.554. The highest BCUT2D eigenvalue weighted by Gasteiger charge is 2.47. The van der Waals surface area contributed by atoms with Crippen LogP contribution in [0.4, 0.5) is 0 Å². The van der Waals surface area contributed by atoms with Crippen molar-refractivity contribution in [1.82, 2.24) is 0 Å². The molecule has 25 heavy (non-hydrogen) atoms. The lowest BCUT2D eigenvalue weighted by Gasteiger charge is -2.35. The summed E-state index contributed by atoms with van der Waals surface area (Å²) in [5.74, 6) is 0.802. The van der Waals surface area contributed by atoms with Crippen molar-refractivity contribution in [3.63, 3.8) is 0 Å². The lowest BCUT2D eigenvalue weighted by Crippen LogP contribution is -2.36. The van der Waals surface area contributed by atoms with Gasteiger partial charge in [-0.25, -0.2) is 8.42 Å². The van der Waals surface area contributed by atoms with Crippen LogP contribution >= 0.6 is 0 Å². The van der Waals surface area contributed by atoms with E-state index < -0.39 is 9.84 Å². The molecule has 3 aliphatic rings. The van der Waals surface area contributed by atoms with E-state index in [9.17, 15) is 8.42 Å². The molecule has 1 aliphatic heterocycles. The minimum absolute atomic E-state index is 0.00592. The van der Waals surface area contributed by atoms with Gasteiger partial charge in [-0.15, -0.1) is 0 Å². The fourth-order valence-electron chi connectivity index (χ4n) is 5.85. The SMILES string of the molecule is CCCCC1(CC)CC(=C2CCCCC2)C2CCCCC2S(=O)(=O)C1. The molecule has 1 heterocycles. The second-order valence-electron chi connectivity index (χ2n) is 9.06. The minimum Gasteiger partial charge on any atom is -0.229 e. The molecule has 2 aliphatic carbocycles. The normalized spacial score (nSPS) is 35.9. The first-order chi connectivity index (χ1) is 12.0. The van der Waals surface area contributed by atoms with Gasteiger partial charge >= 0.3 is 0 Å². The number of sulfone groups is 1. The third-order valence-electron chi connectivity index (χ3n) is 7.41. The standard InChI is InChI=1S/C22H38O2S/c1-3-5-15-22(4-2)16-20(18-11-7-6-8-12-18)19-13-9-10-14-21(19)25(23,24)17-22/h19,21H,3-17H2,1-2H3. The van der Waals surface area contributed by atoms with Gasteiger partial charge in [-0.1, -0.05) is 57.1 Å². The zero-order chi connectivity index (χ0) is 17.9. The Labute approximate surface area is 155 Å². The average molecular weight is 367 g/mol. The highest BCUT2D eigenvalue weighted by Crippen LogP contribution is 2.50. The summed E-state index contributed by atoms with van der Waals surface area (Å²) in [5.41, 5.74) is 3.31. The molecule has 144 valence electrons. The third kappa shape index (κ3) is 4.17. The zero-order valence-corrected chi connectivity index (χ0v) is 17.3. The number of fused-ring (bicyclic) bond motifs is 1. The van der Waals surface area contributed by atoms with Crippen molar-refractivity contribution >= 4 is 9.84 Å². The molecule has 0 aromatic heterocycles. The predicted octanol–water partition coefficient (Wildman–Crippen LogP) is 6.21.